The number of carbonyl (C=O) groups excluding carboxylic acids is 3. The monoisotopic (exact) mass is 394 g/mol. The number of nitroso groups, excluding NO2 is 1. The molecule has 0 bridgehead atoms. The lowest BCUT2D eigenvalue weighted by Crippen LogP contribution is -2.36. The number of rotatable bonds is 4. The molecule has 1 fully saturated rings. The van der Waals surface area contributed by atoms with E-state index in [1.807, 2.05) is 0 Å². The van der Waals surface area contributed by atoms with E-state index >= 15 is 0 Å². The highest BCUT2D eigenvalue weighted by Crippen LogP contribution is 2.35. The molecule has 2 atom stereocenters. The number of hydrogen-bond donors (Lipinski definition) is 0. The molecule has 24 heavy (non-hydrogen) atoms. The Morgan fingerprint density at radius 1 is 1.29 bits per heavy atom. The van der Waals surface area contributed by atoms with Crippen molar-refractivity contribution in [2.75, 3.05) is 11.5 Å². The molecule has 2 heterocycles. The summed E-state index contributed by atoms with van der Waals surface area (Å²) in [4.78, 5) is 49.1. The van der Waals surface area contributed by atoms with Gasteiger partial charge in [0.15, 0.2) is 11.8 Å². The van der Waals surface area contributed by atoms with E-state index < -0.39 is 29.7 Å². The van der Waals surface area contributed by atoms with Crippen LogP contribution in [-0.4, -0.2) is 41.3 Å². The zero-order chi connectivity index (χ0) is 17.4. The summed E-state index contributed by atoms with van der Waals surface area (Å²) in [6.07, 6.45) is 0. The van der Waals surface area contributed by atoms with E-state index in [0.717, 1.165) is 9.37 Å². The van der Waals surface area contributed by atoms with Crippen molar-refractivity contribution in [2.45, 2.75) is 13.0 Å². The molecule has 0 aliphatic carbocycles. The van der Waals surface area contributed by atoms with Gasteiger partial charge in [-0.1, -0.05) is 15.9 Å². The Morgan fingerprint density at radius 3 is 2.54 bits per heavy atom. The van der Waals surface area contributed by atoms with Crippen LogP contribution in [0.5, 0.6) is 0 Å². The highest BCUT2D eigenvalue weighted by atomic mass is 79.9. The molecule has 2 amide bonds. The van der Waals surface area contributed by atoms with E-state index in [-0.39, 0.29) is 12.3 Å². The molecule has 0 N–H and O–H groups in total. The van der Waals surface area contributed by atoms with Crippen molar-refractivity contribution >= 4 is 45.1 Å². The Hall–Kier alpha value is -2.62. The van der Waals surface area contributed by atoms with Crippen molar-refractivity contribution in [2.24, 2.45) is 16.3 Å². The van der Waals surface area contributed by atoms with Crippen molar-refractivity contribution in [1.29, 1.82) is 0 Å². The molecule has 0 radical (unpaired) electrons. The van der Waals surface area contributed by atoms with E-state index in [0.29, 0.717) is 10.8 Å². The van der Waals surface area contributed by atoms with Gasteiger partial charge in [-0.3, -0.25) is 9.59 Å². The van der Waals surface area contributed by atoms with Gasteiger partial charge < -0.3 is 4.74 Å². The van der Waals surface area contributed by atoms with Crippen LogP contribution in [0.4, 0.5) is 5.69 Å². The van der Waals surface area contributed by atoms with Gasteiger partial charge in [-0.15, -0.1) is 15.1 Å². The maximum Gasteiger partial charge on any atom is 0.355 e. The number of fused-ring (bicyclic) bond motifs is 1. The number of ether oxygens (including phenoxy) is 1. The zero-order valence-corrected chi connectivity index (χ0v) is 14.0. The first-order valence-corrected chi connectivity index (χ1v) is 7.80. The Morgan fingerprint density at radius 2 is 1.96 bits per heavy atom. The van der Waals surface area contributed by atoms with Gasteiger partial charge in [-0.2, -0.15) is 0 Å². The van der Waals surface area contributed by atoms with Gasteiger partial charge in [0.05, 0.1) is 17.6 Å². The SMILES string of the molecule is CCOC(=O)C1=NN(N=O)[C@@H]2C(=O)N(c3ccc(Br)cc3)C(=O)[C@@H]12. The van der Waals surface area contributed by atoms with Gasteiger partial charge in [-0.25, -0.2) is 9.69 Å². The third-order valence-electron chi connectivity index (χ3n) is 3.68. The first-order valence-electron chi connectivity index (χ1n) is 7.01. The highest BCUT2D eigenvalue weighted by molar-refractivity contribution is 9.10. The number of amides is 2. The van der Waals surface area contributed by atoms with Gasteiger partial charge in [0.1, 0.15) is 5.92 Å². The third kappa shape index (κ3) is 2.39. The Labute approximate surface area is 144 Å². The second-order valence-corrected chi connectivity index (χ2v) is 5.93. The quantitative estimate of drug-likeness (QED) is 0.431. The lowest BCUT2D eigenvalue weighted by atomic mass is 9.98. The van der Waals surface area contributed by atoms with Gasteiger partial charge in [0, 0.05) is 4.47 Å². The topological polar surface area (TPSA) is 109 Å². The van der Waals surface area contributed by atoms with E-state index in [1.165, 1.54) is 0 Å². The van der Waals surface area contributed by atoms with Crippen LogP contribution in [0.15, 0.2) is 39.1 Å². The second kappa shape index (κ2) is 6.11. The van der Waals surface area contributed by atoms with Crippen LogP contribution in [0.1, 0.15) is 6.92 Å². The fourth-order valence-corrected chi connectivity index (χ4v) is 2.94. The molecular formula is C14H11BrN4O5. The summed E-state index contributed by atoms with van der Waals surface area (Å²) >= 11 is 3.27. The van der Waals surface area contributed by atoms with Crippen LogP contribution in [0, 0.1) is 10.8 Å². The molecule has 1 saturated heterocycles. The van der Waals surface area contributed by atoms with Crippen LogP contribution in [-0.2, 0) is 19.1 Å². The average molecular weight is 395 g/mol. The van der Waals surface area contributed by atoms with Crippen LogP contribution >= 0.6 is 15.9 Å². The number of anilines is 1. The molecule has 1 aromatic carbocycles. The van der Waals surface area contributed by atoms with Gasteiger partial charge >= 0.3 is 5.97 Å². The molecule has 2 aliphatic heterocycles. The van der Waals surface area contributed by atoms with Crippen molar-refractivity contribution in [3.8, 4) is 0 Å². The predicted octanol–water partition coefficient (Wildman–Crippen LogP) is 1.22. The lowest BCUT2D eigenvalue weighted by Gasteiger charge is -2.16. The summed E-state index contributed by atoms with van der Waals surface area (Å²) in [7, 11) is 0. The maximum atomic E-state index is 12.7. The standard InChI is InChI=1S/C14H11BrN4O5/c1-2-24-14(22)10-9-11(19(16-10)17-23)13(21)18(12(9)20)8-5-3-7(15)4-6-8/h3-6,9,11H,2H2,1H3/t9-,11-/m0/s1. The Balaban J connectivity index is 2.00. The van der Waals surface area contributed by atoms with Gasteiger partial charge in [-0.05, 0) is 31.2 Å². The van der Waals surface area contributed by atoms with Crippen molar-refractivity contribution in [3.05, 3.63) is 33.6 Å². The molecule has 124 valence electrons. The number of hydrogen-bond acceptors (Lipinski definition) is 7. The molecule has 0 aromatic heterocycles. The smallest absolute Gasteiger partial charge is 0.355 e. The summed E-state index contributed by atoms with van der Waals surface area (Å²) in [5, 5.41) is 6.86. The summed E-state index contributed by atoms with van der Waals surface area (Å²) in [6, 6.07) is 5.21. The molecule has 10 heteroatoms. The van der Waals surface area contributed by atoms with Crippen LogP contribution in [0.25, 0.3) is 0 Å². The molecule has 0 unspecified atom stereocenters. The average Bonchev–Trinajstić information content (AvgIpc) is 3.07. The predicted molar refractivity (Wildman–Crippen MR) is 85.6 cm³/mol. The number of nitrogens with zero attached hydrogens (tertiary/aromatic N) is 4. The first-order chi connectivity index (χ1) is 11.5. The summed E-state index contributed by atoms with van der Waals surface area (Å²) in [6.45, 7) is 1.67. The molecular weight excluding hydrogens is 384 g/mol. The van der Waals surface area contributed by atoms with Crippen molar-refractivity contribution < 1.29 is 19.1 Å². The van der Waals surface area contributed by atoms with E-state index in [9.17, 15) is 19.3 Å². The van der Waals surface area contributed by atoms with Crippen LogP contribution in [0.2, 0.25) is 0 Å². The summed E-state index contributed by atoms with van der Waals surface area (Å²) in [5.74, 6) is -3.38. The maximum absolute atomic E-state index is 12.7. The lowest BCUT2D eigenvalue weighted by molar-refractivity contribution is -0.136. The Bertz CT molecular complexity index is 763. The fraction of sp³-hybridized carbons (Fsp3) is 0.286. The largest absolute Gasteiger partial charge is 0.461 e. The third-order valence-corrected chi connectivity index (χ3v) is 4.21. The first kappa shape index (κ1) is 16.2. The summed E-state index contributed by atoms with van der Waals surface area (Å²) < 4.78 is 5.61. The number of esters is 1. The van der Waals surface area contributed by atoms with Crippen molar-refractivity contribution in [1.82, 2.24) is 5.12 Å². The minimum Gasteiger partial charge on any atom is -0.461 e. The number of halogens is 1. The molecule has 0 spiro atoms. The number of hydrazone groups is 1. The molecule has 9 nitrogen and oxygen atoms in total. The van der Waals surface area contributed by atoms with E-state index in [2.05, 4.69) is 26.3 Å². The van der Waals surface area contributed by atoms with Gasteiger partial charge in [0.2, 0.25) is 5.91 Å². The van der Waals surface area contributed by atoms with Crippen LogP contribution < -0.4 is 4.90 Å². The number of imide groups is 1. The molecule has 2 aliphatic rings. The van der Waals surface area contributed by atoms with E-state index in [4.69, 9.17) is 4.74 Å². The second-order valence-electron chi connectivity index (χ2n) is 5.02. The van der Waals surface area contributed by atoms with Crippen molar-refractivity contribution in [3.63, 3.8) is 0 Å². The normalized spacial score (nSPS) is 22.5. The minimum absolute atomic E-state index is 0.0717. The Kier molecular flexibility index (Phi) is 4.14. The summed E-state index contributed by atoms with van der Waals surface area (Å²) in [5.41, 5.74) is 0.0380. The molecule has 3 rings (SSSR count). The fourth-order valence-electron chi connectivity index (χ4n) is 2.68. The highest BCUT2D eigenvalue weighted by Gasteiger charge is 2.59. The minimum atomic E-state index is -1.27. The van der Waals surface area contributed by atoms with Crippen LogP contribution in [0.3, 0.4) is 0 Å². The number of carbonyl (C=O) groups is 3. The molecule has 1 aromatic rings. The van der Waals surface area contributed by atoms with Gasteiger partial charge in [0.25, 0.3) is 5.91 Å². The van der Waals surface area contributed by atoms with E-state index in [1.54, 1.807) is 31.2 Å². The molecule has 0 saturated carbocycles. The zero-order valence-electron chi connectivity index (χ0n) is 12.4. The number of benzene rings is 1.